The molecular weight excluding hydrogens is 199 g/mol. The van der Waals surface area contributed by atoms with E-state index < -0.39 is 11.8 Å². The van der Waals surface area contributed by atoms with Crippen molar-refractivity contribution in [1.29, 1.82) is 0 Å². The molecule has 78 valence electrons. The van der Waals surface area contributed by atoms with Gasteiger partial charge < -0.3 is 4.74 Å². The zero-order valence-electron chi connectivity index (χ0n) is 8.07. The number of aldehydes is 1. The summed E-state index contributed by atoms with van der Waals surface area (Å²) in [4.78, 5) is 21.4. The predicted molar refractivity (Wildman–Crippen MR) is 52.8 cm³/mol. The van der Waals surface area contributed by atoms with Crippen molar-refractivity contribution in [3.05, 3.63) is 41.2 Å². The molecule has 0 radical (unpaired) electrons. The predicted octanol–water partition coefficient (Wildman–Crippen LogP) is 1.82. The SMILES string of the molecule is COC(=O)C=Cc1c(F)cccc1C=O. The Morgan fingerprint density at radius 1 is 1.47 bits per heavy atom. The minimum absolute atomic E-state index is 0.0814. The summed E-state index contributed by atoms with van der Waals surface area (Å²) in [6, 6.07) is 4.10. The highest BCUT2D eigenvalue weighted by atomic mass is 19.1. The third-order valence-corrected chi connectivity index (χ3v) is 1.80. The molecule has 0 aliphatic rings. The largest absolute Gasteiger partial charge is 0.466 e. The van der Waals surface area contributed by atoms with Gasteiger partial charge in [0.2, 0.25) is 0 Å². The van der Waals surface area contributed by atoms with Gasteiger partial charge >= 0.3 is 5.97 Å². The maximum atomic E-state index is 13.2. The minimum Gasteiger partial charge on any atom is -0.466 e. The molecule has 0 aromatic heterocycles. The zero-order chi connectivity index (χ0) is 11.3. The number of carbonyl (C=O) groups excluding carboxylic acids is 2. The van der Waals surface area contributed by atoms with Gasteiger partial charge in [-0.25, -0.2) is 9.18 Å². The molecule has 4 heteroatoms. The molecule has 0 atom stereocenters. The fourth-order valence-electron chi connectivity index (χ4n) is 1.05. The summed E-state index contributed by atoms with van der Waals surface area (Å²) in [6.07, 6.45) is 2.80. The molecule has 1 aromatic rings. The van der Waals surface area contributed by atoms with Crippen molar-refractivity contribution in [2.24, 2.45) is 0 Å². The number of esters is 1. The lowest BCUT2D eigenvalue weighted by Gasteiger charge is -1.99. The van der Waals surface area contributed by atoms with Crippen LogP contribution in [0.5, 0.6) is 0 Å². The van der Waals surface area contributed by atoms with Gasteiger partial charge in [0.25, 0.3) is 0 Å². The zero-order valence-corrected chi connectivity index (χ0v) is 8.07. The smallest absolute Gasteiger partial charge is 0.330 e. The molecule has 0 spiro atoms. The van der Waals surface area contributed by atoms with E-state index in [1.807, 2.05) is 0 Å². The summed E-state index contributed by atoms with van der Waals surface area (Å²) in [5.41, 5.74) is 0.271. The molecule has 15 heavy (non-hydrogen) atoms. The minimum atomic E-state index is -0.602. The van der Waals surface area contributed by atoms with Gasteiger partial charge in [-0.3, -0.25) is 4.79 Å². The Bertz CT molecular complexity index is 410. The second-order valence-electron chi connectivity index (χ2n) is 2.72. The van der Waals surface area contributed by atoms with Gasteiger partial charge in [0.1, 0.15) is 5.82 Å². The van der Waals surface area contributed by atoms with Gasteiger partial charge in [0.15, 0.2) is 6.29 Å². The van der Waals surface area contributed by atoms with Crippen LogP contribution in [0.25, 0.3) is 6.08 Å². The average Bonchev–Trinajstić information content (AvgIpc) is 2.26. The van der Waals surface area contributed by atoms with E-state index in [0.717, 1.165) is 6.08 Å². The maximum absolute atomic E-state index is 13.2. The second-order valence-corrected chi connectivity index (χ2v) is 2.72. The molecule has 0 aliphatic carbocycles. The standard InChI is InChI=1S/C11H9FO3/c1-15-11(14)6-5-9-8(7-13)3-2-4-10(9)12/h2-7H,1H3. The molecule has 0 saturated heterocycles. The van der Waals surface area contributed by atoms with Gasteiger partial charge in [-0.15, -0.1) is 0 Å². The lowest BCUT2D eigenvalue weighted by molar-refractivity contribution is -0.134. The number of hydrogen-bond donors (Lipinski definition) is 0. The lowest BCUT2D eigenvalue weighted by Crippen LogP contribution is -1.95. The molecule has 0 N–H and O–H groups in total. The van der Waals surface area contributed by atoms with Crippen molar-refractivity contribution >= 4 is 18.3 Å². The molecule has 1 aromatic carbocycles. The molecule has 1 rings (SSSR count). The highest BCUT2D eigenvalue weighted by Gasteiger charge is 2.04. The van der Waals surface area contributed by atoms with E-state index in [1.54, 1.807) is 0 Å². The number of ether oxygens (including phenoxy) is 1. The number of methoxy groups -OCH3 is 1. The first-order valence-corrected chi connectivity index (χ1v) is 4.18. The summed E-state index contributed by atoms with van der Waals surface area (Å²) in [5.74, 6) is -1.16. The van der Waals surface area contributed by atoms with E-state index in [-0.39, 0.29) is 11.1 Å². The van der Waals surface area contributed by atoms with Crippen LogP contribution in [0.15, 0.2) is 24.3 Å². The van der Waals surface area contributed by atoms with E-state index >= 15 is 0 Å². The van der Waals surface area contributed by atoms with Crippen LogP contribution in [0.3, 0.4) is 0 Å². The van der Waals surface area contributed by atoms with Crippen LogP contribution >= 0.6 is 0 Å². The summed E-state index contributed by atoms with van der Waals surface area (Å²) in [6.45, 7) is 0. The Morgan fingerprint density at radius 2 is 2.20 bits per heavy atom. The molecule has 0 unspecified atom stereocenters. The van der Waals surface area contributed by atoms with Crippen LogP contribution in [-0.4, -0.2) is 19.4 Å². The van der Waals surface area contributed by atoms with Crippen LogP contribution in [0.2, 0.25) is 0 Å². The molecule has 0 bridgehead atoms. The number of carbonyl (C=O) groups is 2. The van der Waals surface area contributed by atoms with Crippen molar-refractivity contribution in [3.8, 4) is 0 Å². The van der Waals surface area contributed by atoms with E-state index in [0.29, 0.717) is 6.29 Å². The van der Waals surface area contributed by atoms with Gasteiger partial charge in [-0.05, 0) is 12.1 Å². The van der Waals surface area contributed by atoms with E-state index in [1.165, 1.54) is 31.4 Å². The quantitative estimate of drug-likeness (QED) is 0.432. The topological polar surface area (TPSA) is 43.4 Å². The molecule has 0 amide bonds. The first kappa shape index (κ1) is 11.1. The van der Waals surface area contributed by atoms with Crippen molar-refractivity contribution in [2.75, 3.05) is 7.11 Å². The molecular formula is C11H9FO3. The summed E-state index contributed by atoms with van der Waals surface area (Å²) in [7, 11) is 1.22. The Kier molecular flexibility index (Phi) is 3.74. The Balaban J connectivity index is 3.07. The molecule has 0 fully saturated rings. The summed E-state index contributed by atoms with van der Waals surface area (Å²) in [5, 5.41) is 0. The normalized spacial score (nSPS) is 10.3. The first-order chi connectivity index (χ1) is 7.19. The Labute approximate surface area is 86.2 Å². The van der Waals surface area contributed by atoms with Gasteiger partial charge in [-0.2, -0.15) is 0 Å². The second kappa shape index (κ2) is 5.05. The fourth-order valence-corrected chi connectivity index (χ4v) is 1.05. The Morgan fingerprint density at radius 3 is 2.80 bits per heavy atom. The highest BCUT2D eigenvalue weighted by Crippen LogP contribution is 2.13. The summed E-state index contributed by atoms with van der Waals surface area (Å²) >= 11 is 0. The first-order valence-electron chi connectivity index (χ1n) is 4.18. The lowest BCUT2D eigenvalue weighted by atomic mass is 10.1. The number of rotatable bonds is 3. The molecule has 0 saturated carbocycles. The van der Waals surface area contributed by atoms with Crippen molar-refractivity contribution in [2.45, 2.75) is 0 Å². The van der Waals surface area contributed by atoms with Crippen LogP contribution in [0, 0.1) is 5.82 Å². The van der Waals surface area contributed by atoms with Crippen LogP contribution < -0.4 is 0 Å². The van der Waals surface area contributed by atoms with Crippen molar-refractivity contribution in [1.82, 2.24) is 0 Å². The van der Waals surface area contributed by atoms with Gasteiger partial charge in [0.05, 0.1) is 7.11 Å². The molecule has 3 nitrogen and oxygen atoms in total. The average molecular weight is 208 g/mol. The number of halogens is 1. The Hall–Kier alpha value is -1.97. The van der Waals surface area contributed by atoms with Crippen LogP contribution in [0.4, 0.5) is 4.39 Å². The number of benzene rings is 1. The van der Waals surface area contributed by atoms with Gasteiger partial charge in [0, 0.05) is 17.2 Å². The van der Waals surface area contributed by atoms with E-state index in [2.05, 4.69) is 4.74 Å². The van der Waals surface area contributed by atoms with Crippen LogP contribution in [-0.2, 0) is 9.53 Å². The molecule has 0 aliphatic heterocycles. The fraction of sp³-hybridized carbons (Fsp3) is 0.0909. The third kappa shape index (κ3) is 2.74. The van der Waals surface area contributed by atoms with Crippen molar-refractivity contribution < 1.29 is 18.7 Å². The highest BCUT2D eigenvalue weighted by molar-refractivity contribution is 5.90. The number of hydrogen-bond acceptors (Lipinski definition) is 3. The van der Waals surface area contributed by atoms with E-state index in [4.69, 9.17) is 0 Å². The third-order valence-electron chi connectivity index (χ3n) is 1.80. The summed E-state index contributed by atoms with van der Waals surface area (Å²) < 4.78 is 17.6. The van der Waals surface area contributed by atoms with Crippen molar-refractivity contribution in [3.63, 3.8) is 0 Å². The van der Waals surface area contributed by atoms with E-state index in [9.17, 15) is 14.0 Å². The molecule has 0 heterocycles. The maximum Gasteiger partial charge on any atom is 0.330 e. The van der Waals surface area contributed by atoms with Crippen LogP contribution in [0.1, 0.15) is 15.9 Å². The monoisotopic (exact) mass is 208 g/mol. The van der Waals surface area contributed by atoms with Gasteiger partial charge in [-0.1, -0.05) is 12.1 Å².